The number of unbranched alkanes of at least 4 members (excludes halogenated alkanes) is 1. The van der Waals surface area contributed by atoms with Crippen LogP contribution in [0.15, 0.2) is 12.2 Å². The molecule has 0 aromatic heterocycles. The van der Waals surface area contributed by atoms with E-state index in [1.807, 2.05) is 0 Å². The van der Waals surface area contributed by atoms with Crippen molar-refractivity contribution in [3.63, 3.8) is 0 Å². The summed E-state index contributed by atoms with van der Waals surface area (Å²) in [6.45, 7) is 6.23. The minimum atomic E-state index is 1.00. The first-order valence-electron chi connectivity index (χ1n) is 4.60. The quantitative estimate of drug-likeness (QED) is 0.558. The molecule has 0 spiro atoms. The van der Waals surface area contributed by atoms with Crippen molar-refractivity contribution in [2.75, 3.05) is 13.2 Å². The molecule has 1 aliphatic heterocycles. The molecule has 0 aromatic carbocycles. The van der Waals surface area contributed by atoms with E-state index in [1.54, 1.807) is 0 Å². The third kappa shape index (κ3) is 9.70. The molecule has 1 nitrogen and oxygen atoms in total. The molecule has 1 fully saturated rings. The first kappa shape index (κ1) is 10.7. The van der Waals surface area contributed by atoms with E-state index in [0.717, 1.165) is 13.2 Å². The van der Waals surface area contributed by atoms with Crippen LogP contribution in [0.2, 0.25) is 0 Å². The zero-order valence-electron chi connectivity index (χ0n) is 7.81. The highest BCUT2D eigenvalue weighted by Crippen LogP contribution is 1.98. The van der Waals surface area contributed by atoms with Crippen LogP contribution in [0, 0.1) is 0 Å². The summed E-state index contributed by atoms with van der Waals surface area (Å²) in [6, 6.07) is 0. The van der Waals surface area contributed by atoms with E-state index in [9.17, 15) is 0 Å². The van der Waals surface area contributed by atoms with Crippen molar-refractivity contribution < 1.29 is 4.74 Å². The van der Waals surface area contributed by atoms with Gasteiger partial charge in [0.1, 0.15) is 0 Å². The van der Waals surface area contributed by atoms with Crippen LogP contribution in [0.4, 0.5) is 0 Å². The molecule has 0 unspecified atom stereocenters. The average Bonchev–Trinajstić information content (AvgIpc) is 2.57. The monoisotopic (exact) mass is 156 g/mol. The van der Waals surface area contributed by atoms with Gasteiger partial charge in [0.2, 0.25) is 0 Å². The third-order valence-electron chi connectivity index (χ3n) is 1.52. The summed E-state index contributed by atoms with van der Waals surface area (Å²) < 4.78 is 4.94. The van der Waals surface area contributed by atoms with Crippen LogP contribution in [0.25, 0.3) is 0 Å². The average molecular weight is 156 g/mol. The Morgan fingerprint density at radius 1 is 1.27 bits per heavy atom. The molecule has 1 heteroatoms. The Kier molecular flexibility index (Phi) is 9.44. The number of hydrogen-bond donors (Lipinski definition) is 0. The van der Waals surface area contributed by atoms with Crippen molar-refractivity contribution in [3.05, 3.63) is 12.2 Å². The first-order valence-corrected chi connectivity index (χ1v) is 4.60. The van der Waals surface area contributed by atoms with Crippen LogP contribution in [0.5, 0.6) is 0 Å². The van der Waals surface area contributed by atoms with Crippen LogP contribution >= 0.6 is 0 Å². The first-order chi connectivity index (χ1) is 5.41. The van der Waals surface area contributed by atoms with Gasteiger partial charge in [0.15, 0.2) is 0 Å². The maximum atomic E-state index is 4.94. The van der Waals surface area contributed by atoms with Gasteiger partial charge < -0.3 is 4.74 Å². The molecule has 0 saturated carbocycles. The van der Waals surface area contributed by atoms with Crippen LogP contribution in [0.3, 0.4) is 0 Å². The molecule has 0 aliphatic carbocycles. The predicted molar refractivity (Wildman–Crippen MR) is 49.8 cm³/mol. The van der Waals surface area contributed by atoms with Crippen LogP contribution in [-0.2, 0) is 4.74 Å². The van der Waals surface area contributed by atoms with Crippen LogP contribution in [-0.4, -0.2) is 13.2 Å². The van der Waals surface area contributed by atoms with Gasteiger partial charge in [0.25, 0.3) is 0 Å². The smallest absolute Gasteiger partial charge is 0.0466 e. The number of ether oxygens (including phenoxy) is 1. The lowest BCUT2D eigenvalue weighted by molar-refractivity contribution is 0.198. The van der Waals surface area contributed by atoms with Crippen molar-refractivity contribution in [2.45, 2.75) is 39.5 Å². The SMILES string of the molecule is C/C=C\CCC.C1CCOC1. The fraction of sp³-hybridized carbons (Fsp3) is 0.800. The van der Waals surface area contributed by atoms with E-state index < -0.39 is 0 Å². The molecule has 1 aliphatic rings. The van der Waals surface area contributed by atoms with Gasteiger partial charge in [-0.1, -0.05) is 25.5 Å². The second kappa shape index (κ2) is 9.70. The Bertz CT molecular complexity index is 75.3. The fourth-order valence-corrected chi connectivity index (χ4v) is 0.844. The van der Waals surface area contributed by atoms with Gasteiger partial charge in [-0.05, 0) is 26.2 Å². The van der Waals surface area contributed by atoms with Crippen molar-refractivity contribution >= 4 is 0 Å². The largest absolute Gasteiger partial charge is 0.381 e. The van der Waals surface area contributed by atoms with Gasteiger partial charge in [-0.15, -0.1) is 0 Å². The van der Waals surface area contributed by atoms with Crippen molar-refractivity contribution in [1.82, 2.24) is 0 Å². The fourth-order valence-electron chi connectivity index (χ4n) is 0.844. The number of allylic oxidation sites excluding steroid dienone is 2. The standard InChI is InChI=1S/C6H12.C4H8O/c1-3-5-6-4-2;1-2-4-5-3-1/h3,5H,4,6H2,1-2H3;1-4H2/b5-3-;. The van der Waals surface area contributed by atoms with E-state index in [0.29, 0.717) is 0 Å². The molecule has 0 amide bonds. The third-order valence-corrected chi connectivity index (χ3v) is 1.52. The predicted octanol–water partition coefficient (Wildman–Crippen LogP) is 3.16. The van der Waals surface area contributed by atoms with Gasteiger partial charge in [-0.3, -0.25) is 0 Å². The second-order valence-corrected chi connectivity index (χ2v) is 2.68. The Labute approximate surface area is 70.4 Å². The Morgan fingerprint density at radius 3 is 2.09 bits per heavy atom. The topological polar surface area (TPSA) is 9.23 Å². The van der Waals surface area contributed by atoms with Crippen molar-refractivity contribution in [2.24, 2.45) is 0 Å². The molecule has 0 aromatic rings. The lowest BCUT2D eigenvalue weighted by atomic mass is 10.3. The Balaban J connectivity index is 0.000000183. The minimum absolute atomic E-state index is 1.00. The van der Waals surface area contributed by atoms with Gasteiger partial charge in [0.05, 0.1) is 0 Å². The highest BCUT2D eigenvalue weighted by molar-refractivity contribution is 4.75. The maximum Gasteiger partial charge on any atom is 0.0466 e. The van der Waals surface area contributed by atoms with E-state index in [1.165, 1.54) is 25.7 Å². The molecular weight excluding hydrogens is 136 g/mol. The molecule has 0 atom stereocenters. The number of rotatable bonds is 2. The summed E-state index contributed by atoms with van der Waals surface area (Å²) in [6.07, 6.45) is 9.32. The summed E-state index contributed by atoms with van der Waals surface area (Å²) in [7, 11) is 0. The van der Waals surface area contributed by atoms with Crippen molar-refractivity contribution in [1.29, 1.82) is 0 Å². The van der Waals surface area contributed by atoms with E-state index in [-0.39, 0.29) is 0 Å². The van der Waals surface area contributed by atoms with E-state index in [4.69, 9.17) is 4.74 Å². The summed E-state index contributed by atoms with van der Waals surface area (Å²) in [4.78, 5) is 0. The molecule has 1 saturated heterocycles. The van der Waals surface area contributed by atoms with E-state index >= 15 is 0 Å². The van der Waals surface area contributed by atoms with Crippen LogP contribution < -0.4 is 0 Å². The molecule has 0 radical (unpaired) electrons. The second-order valence-electron chi connectivity index (χ2n) is 2.68. The maximum absolute atomic E-state index is 4.94. The lowest BCUT2D eigenvalue weighted by Gasteiger charge is -1.76. The van der Waals surface area contributed by atoms with Gasteiger partial charge in [-0.25, -0.2) is 0 Å². The summed E-state index contributed by atoms with van der Waals surface area (Å²) in [5, 5.41) is 0. The molecule has 0 bridgehead atoms. The van der Waals surface area contributed by atoms with Crippen molar-refractivity contribution in [3.8, 4) is 0 Å². The highest BCUT2D eigenvalue weighted by atomic mass is 16.5. The highest BCUT2D eigenvalue weighted by Gasteiger charge is 1.94. The Hall–Kier alpha value is -0.300. The molecule has 11 heavy (non-hydrogen) atoms. The van der Waals surface area contributed by atoms with E-state index in [2.05, 4.69) is 26.0 Å². The molecule has 66 valence electrons. The summed E-state index contributed by atoms with van der Waals surface area (Å²) in [5.74, 6) is 0. The normalized spacial score (nSPS) is 16.5. The molecule has 1 heterocycles. The number of hydrogen-bond acceptors (Lipinski definition) is 1. The molecule has 0 N–H and O–H groups in total. The Morgan fingerprint density at radius 2 is 1.91 bits per heavy atom. The lowest BCUT2D eigenvalue weighted by Crippen LogP contribution is -1.74. The summed E-state index contributed by atoms with van der Waals surface area (Å²) in [5.41, 5.74) is 0. The molecule has 1 rings (SSSR count). The minimum Gasteiger partial charge on any atom is -0.381 e. The van der Waals surface area contributed by atoms with Gasteiger partial charge >= 0.3 is 0 Å². The summed E-state index contributed by atoms with van der Waals surface area (Å²) >= 11 is 0. The zero-order valence-corrected chi connectivity index (χ0v) is 7.81. The van der Waals surface area contributed by atoms with Gasteiger partial charge in [-0.2, -0.15) is 0 Å². The van der Waals surface area contributed by atoms with Gasteiger partial charge in [0, 0.05) is 13.2 Å². The molecular formula is C10H20O. The van der Waals surface area contributed by atoms with Crippen LogP contribution in [0.1, 0.15) is 39.5 Å². The zero-order chi connectivity index (χ0) is 8.36.